The summed E-state index contributed by atoms with van der Waals surface area (Å²) in [5.41, 5.74) is 1.04. The molecule has 3 N–H and O–H groups in total. The number of phenolic OH excluding ortho intramolecular Hbond substituents is 1. The maximum atomic E-state index is 13.0. The van der Waals surface area contributed by atoms with Crippen molar-refractivity contribution in [3.63, 3.8) is 0 Å². The Morgan fingerprint density at radius 2 is 2.05 bits per heavy atom. The number of hydrogen-bond donors (Lipinski definition) is 3. The number of dihydropyridines is 1. The molecule has 2 aliphatic rings. The van der Waals surface area contributed by atoms with Gasteiger partial charge in [0, 0.05) is 23.4 Å². The quantitative estimate of drug-likeness (QED) is 0.470. The number of halogens is 3. The van der Waals surface area contributed by atoms with Gasteiger partial charge in [0.25, 0.3) is 0 Å². The van der Waals surface area contributed by atoms with Crippen molar-refractivity contribution in [2.75, 3.05) is 18.2 Å². The number of ketones is 1. The predicted octanol–water partition coefficient (Wildman–Crippen LogP) is 5.22. The summed E-state index contributed by atoms with van der Waals surface area (Å²) in [6, 6.07) is 11.1. The third-order valence-corrected chi connectivity index (χ3v) is 7.04. The van der Waals surface area contributed by atoms with Crippen LogP contribution in [0.25, 0.3) is 0 Å². The van der Waals surface area contributed by atoms with Crippen molar-refractivity contribution >= 4 is 29.1 Å². The third-order valence-electron chi connectivity index (χ3n) is 6.02. The number of thioether (sulfide) groups is 1. The average molecular weight is 530 g/mol. The minimum absolute atomic E-state index is 0.00320. The normalized spacial score (nSPS) is 17.6. The SMILES string of the molecule is COc1cc([C@@H]2C(C#N)=C(SCC(=O)Nc3cccc(C(F)(F)F)c3)NC3=C2C(=O)CCC3)ccc1O. The van der Waals surface area contributed by atoms with Gasteiger partial charge in [-0.15, -0.1) is 0 Å². The third kappa shape index (κ3) is 5.59. The number of allylic oxidation sites excluding steroid dienone is 3. The highest BCUT2D eigenvalue weighted by molar-refractivity contribution is 8.03. The standard InChI is InChI=1S/C26H22F3N3O4S/c1-36-21-10-14(8-9-19(21)33)23-17(12-30)25(32-18-6-3-7-20(34)24(18)23)37-13-22(35)31-16-5-2-4-15(11-16)26(27,28)29/h2,4-5,8-11,23,32-33H,3,6-7,13H2,1H3,(H,31,35)/t23-/m1/s1. The van der Waals surface area contributed by atoms with Crippen LogP contribution in [0.5, 0.6) is 11.5 Å². The van der Waals surface area contributed by atoms with Crippen LogP contribution in [0.1, 0.15) is 36.3 Å². The number of Topliss-reactive ketones (excluding diaryl/α,β-unsaturated/α-hetero) is 1. The Balaban J connectivity index is 1.61. The van der Waals surface area contributed by atoms with Crippen LogP contribution in [0, 0.1) is 11.3 Å². The zero-order valence-corrected chi connectivity index (χ0v) is 20.4. The summed E-state index contributed by atoms with van der Waals surface area (Å²) in [5, 5.41) is 26.1. The van der Waals surface area contributed by atoms with Crippen LogP contribution in [0.3, 0.4) is 0 Å². The highest BCUT2D eigenvalue weighted by Crippen LogP contribution is 2.45. The molecule has 11 heteroatoms. The summed E-state index contributed by atoms with van der Waals surface area (Å²) >= 11 is 1.02. The lowest BCUT2D eigenvalue weighted by atomic mass is 9.77. The van der Waals surface area contributed by atoms with Gasteiger partial charge in [0.1, 0.15) is 0 Å². The molecule has 1 aliphatic carbocycles. The highest BCUT2D eigenvalue weighted by atomic mass is 32.2. The summed E-state index contributed by atoms with van der Waals surface area (Å²) in [5.74, 6) is -1.46. The number of aromatic hydroxyl groups is 1. The Hall–Kier alpha value is -3.91. The molecular formula is C26H22F3N3O4S. The molecule has 0 bridgehead atoms. The average Bonchev–Trinajstić information content (AvgIpc) is 2.86. The molecule has 0 spiro atoms. The van der Waals surface area contributed by atoms with Crippen molar-refractivity contribution in [2.24, 2.45) is 0 Å². The Labute approximate surface area is 215 Å². The molecule has 37 heavy (non-hydrogen) atoms. The van der Waals surface area contributed by atoms with Crippen LogP contribution in [-0.4, -0.2) is 29.7 Å². The zero-order valence-electron chi connectivity index (χ0n) is 19.6. The van der Waals surface area contributed by atoms with Gasteiger partial charge in [0.05, 0.1) is 41.0 Å². The maximum Gasteiger partial charge on any atom is 0.416 e. The number of nitrogens with one attached hydrogen (secondary N) is 2. The molecule has 1 amide bonds. The van der Waals surface area contributed by atoms with E-state index in [2.05, 4.69) is 16.7 Å². The van der Waals surface area contributed by atoms with Gasteiger partial charge in [0.2, 0.25) is 5.91 Å². The number of carbonyl (C=O) groups is 2. The molecule has 7 nitrogen and oxygen atoms in total. The number of nitrogens with zero attached hydrogens (tertiary/aromatic N) is 1. The highest BCUT2D eigenvalue weighted by Gasteiger charge is 2.37. The molecule has 0 fully saturated rings. The maximum absolute atomic E-state index is 13.0. The van der Waals surface area contributed by atoms with Crippen LogP contribution in [-0.2, 0) is 15.8 Å². The van der Waals surface area contributed by atoms with Crippen molar-refractivity contribution in [3.05, 3.63) is 75.5 Å². The second kappa shape index (κ2) is 10.6. The Morgan fingerprint density at radius 3 is 2.76 bits per heavy atom. The molecule has 2 aromatic rings. The van der Waals surface area contributed by atoms with Crippen molar-refractivity contribution in [2.45, 2.75) is 31.4 Å². The molecule has 4 rings (SSSR count). The number of ether oxygens (including phenoxy) is 1. The Bertz CT molecular complexity index is 1360. The number of anilines is 1. The molecular weight excluding hydrogens is 507 g/mol. The van der Waals surface area contributed by atoms with E-state index < -0.39 is 23.6 Å². The van der Waals surface area contributed by atoms with E-state index in [-0.39, 0.29) is 34.3 Å². The number of nitriles is 1. The van der Waals surface area contributed by atoms with Gasteiger partial charge in [-0.25, -0.2) is 0 Å². The van der Waals surface area contributed by atoms with E-state index in [9.17, 15) is 33.1 Å². The first kappa shape index (κ1) is 26.2. The number of alkyl halides is 3. The first-order chi connectivity index (χ1) is 17.6. The molecule has 1 heterocycles. The summed E-state index contributed by atoms with van der Waals surface area (Å²) < 4.78 is 44.1. The second-order valence-corrected chi connectivity index (χ2v) is 9.41. The Kier molecular flexibility index (Phi) is 7.50. The van der Waals surface area contributed by atoms with Gasteiger partial charge in [0.15, 0.2) is 17.3 Å². The lowest BCUT2D eigenvalue weighted by molar-refractivity contribution is -0.137. The molecule has 0 aromatic heterocycles. The minimum atomic E-state index is -4.54. The first-order valence-electron chi connectivity index (χ1n) is 11.3. The molecule has 0 radical (unpaired) electrons. The second-order valence-electron chi connectivity index (χ2n) is 8.43. The number of carbonyl (C=O) groups excluding carboxylic acids is 2. The summed E-state index contributed by atoms with van der Waals surface area (Å²) in [6.45, 7) is 0. The largest absolute Gasteiger partial charge is 0.504 e. The van der Waals surface area contributed by atoms with Crippen LogP contribution < -0.4 is 15.4 Å². The van der Waals surface area contributed by atoms with Gasteiger partial charge >= 0.3 is 6.18 Å². The zero-order chi connectivity index (χ0) is 26.7. The number of hydrogen-bond acceptors (Lipinski definition) is 7. The minimum Gasteiger partial charge on any atom is -0.504 e. The van der Waals surface area contributed by atoms with Gasteiger partial charge in [-0.05, 0) is 48.7 Å². The summed E-state index contributed by atoms with van der Waals surface area (Å²) in [7, 11) is 1.39. The molecule has 1 aliphatic heterocycles. The van der Waals surface area contributed by atoms with Crippen molar-refractivity contribution in [1.82, 2.24) is 5.32 Å². The summed E-state index contributed by atoms with van der Waals surface area (Å²) in [4.78, 5) is 25.5. The number of methoxy groups -OCH3 is 1. The van der Waals surface area contributed by atoms with Gasteiger partial charge < -0.3 is 20.5 Å². The van der Waals surface area contributed by atoms with Crippen molar-refractivity contribution in [1.29, 1.82) is 5.26 Å². The number of rotatable bonds is 6. The van der Waals surface area contributed by atoms with E-state index in [1.54, 1.807) is 12.1 Å². The van der Waals surface area contributed by atoms with Crippen molar-refractivity contribution < 1.29 is 32.6 Å². The van der Waals surface area contributed by atoms with Gasteiger partial charge in [-0.1, -0.05) is 23.9 Å². The molecule has 1 atom stereocenters. The lowest BCUT2D eigenvalue weighted by Gasteiger charge is -2.33. The lowest BCUT2D eigenvalue weighted by Crippen LogP contribution is -2.31. The Morgan fingerprint density at radius 1 is 1.27 bits per heavy atom. The molecule has 0 unspecified atom stereocenters. The fourth-order valence-corrected chi connectivity index (χ4v) is 5.21. The number of benzene rings is 2. The fraction of sp³-hybridized carbons (Fsp3) is 0.269. The van der Waals surface area contributed by atoms with E-state index in [0.29, 0.717) is 41.1 Å². The smallest absolute Gasteiger partial charge is 0.416 e. The van der Waals surface area contributed by atoms with E-state index in [1.807, 2.05) is 0 Å². The number of phenols is 1. The number of amides is 1. The molecule has 0 saturated heterocycles. The van der Waals surface area contributed by atoms with Crippen LogP contribution in [0.2, 0.25) is 0 Å². The van der Waals surface area contributed by atoms with E-state index in [1.165, 1.54) is 25.3 Å². The van der Waals surface area contributed by atoms with Gasteiger partial charge in [-0.3, -0.25) is 9.59 Å². The first-order valence-corrected chi connectivity index (χ1v) is 12.2. The van der Waals surface area contributed by atoms with E-state index in [4.69, 9.17) is 4.74 Å². The monoisotopic (exact) mass is 529 g/mol. The van der Waals surface area contributed by atoms with Crippen LogP contribution in [0.4, 0.5) is 18.9 Å². The van der Waals surface area contributed by atoms with Gasteiger partial charge in [-0.2, -0.15) is 18.4 Å². The van der Waals surface area contributed by atoms with Crippen LogP contribution in [0.15, 0.2) is 64.3 Å². The molecule has 0 saturated carbocycles. The molecule has 2 aromatic carbocycles. The van der Waals surface area contributed by atoms with Crippen molar-refractivity contribution in [3.8, 4) is 17.6 Å². The van der Waals surface area contributed by atoms with E-state index in [0.717, 1.165) is 23.9 Å². The predicted molar refractivity (Wildman–Crippen MR) is 132 cm³/mol. The molecule has 192 valence electrons. The summed E-state index contributed by atoms with van der Waals surface area (Å²) in [6.07, 6.45) is -2.99. The fourth-order valence-electron chi connectivity index (χ4n) is 4.35. The van der Waals surface area contributed by atoms with E-state index >= 15 is 0 Å². The van der Waals surface area contributed by atoms with Crippen LogP contribution >= 0.6 is 11.8 Å². The topological polar surface area (TPSA) is 111 Å².